The first-order valence-electron chi connectivity index (χ1n) is 6.01. The molecule has 0 aliphatic rings. The van der Waals surface area contributed by atoms with Gasteiger partial charge in [0.05, 0.1) is 13.3 Å². The average molecular weight is 331 g/mol. The van der Waals surface area contributed by atoms with E-state index in [9.17, 15) is 8.42 Å². The summed E-state index contributed by atoms with van der Waals surface area (Å²) in [5.74, 6) is 0.196. The highest BCUT2D eigenvalue weighted by Crippen LogP contribution is 2.31. The highest BCUT2D eigenvalue weighted by atomic mass is 35.5. The molecule has 0 saturated heterocycles. The standard InChI is InChI=1S/C12H15ClN4O3S/c1-20-12-9(4-14)2-10(13)3-11(12)21(18,19)17-7-8-5-15-16-6-8/h2-3,5-6,17H,4,7,14H2,1H3,(H,15,16). The molecule has 7 nitrogen and oxygen atoms in total. The number of H-pyrrole nitrogens is 1. The molecule has 1 aromatic heterocycles. The van der Waals surface area contributed by atoms with Crippen molar-refractivity contribution in [3.8, 4) is 5.75 Å². The molecule has 2 rings (SSSR count). The van der Waals surface area contributed by atoms with Crippen molar-refractivity contribution in [1.82, 2.24) is 14.9 Å². The van der Waals surface area contributed by atoms with Crippen LogP contribution in [0.1, 0.15) is 11.1 Å². The summed E-state index contributed by atoms with van der Waals surface area (Å²) >= 11 is 5.95. The van der Waals surface area contributed by atoms with E-state index in [2.05, 4.69) is 14.9 Å². The summed E-state index contributed by atoms with van der Waals surface area (Å²) in [6, 6.07) is 2.91. The van der Waals surface area contributed by atoms with Gasteiger partial charge in [0, 0.05) is 35.4 Å². The fraction of sp³-hybridized carbons (Fsp3) is 0.250. The Morgan fingerprint density at radius 3 is 2.81 bits per heavy atom. The van der Waals surface area contributed by atoms with Crippen LogP contribution in [0.15, 0.2) is 29.4 Å². The normalized spacial score (nSPS) is 11.6. The third-order valence-corrected chi connectivity index (χ3v) is 4.46. The Morgan fingerprint density at radius 1 is 1.48 bits per heavy atom. The van der Waals surface area contributed by atoms with Gasteiger partial charge in [-0.25, -0.2) is 13.1 Å². The van der Waals surface area contributed by atoms with Crippen molar-refractivity contribution < 1.29 is 13.2 Å². The van der Waals surface area contributed by atoms with Gasteiger partial charge in [-0.15, -0.1) is 0 Å². The molecule has 0 spiro atoms. The van der Waals surface area contributed by atoms with E-state index in [1.54, 1.807) is 12.3 Å². The molecule has 0 aliphatic carbocycles. The number of sulfonamides is 1. The third-order valence-electron chi connectivity index (χ3n) is 2.83. The number of aromatic nitrogens is 2. The second kappa shape index (κ2) is 6.44. The molecule has 1 aromatic carbocycles. The highest BCUT2D eigenvalue weighted by Gasteiger charge is 2.22. The molecule has 0 amide bonds. The molecule has 0 atom stereocenters. The molecule has 1 heterocycles. The minimum Gasteiger partial charge on any atom is -0.495 e. The lowest BCUT2D eigenvalue weighted by Gasteiger charge is -2.14. The van der Waals surface area contributed by atoms with Gasteiger partial charge in [-0.1, -0.05) is 11.6 Å². The lowest BCUT2D eigenvalue weighted by molar-refractivity contribution is 0.397. The van der Waals surface area contributed by atoms with Crippen molar-refractivity contribution in [1.29, 1.82) is 0 Å². The molecule has 0 saturated carbocycles. The number of hydrogen-bond donors (Lipinski definition) is 3. The Balaban J connectivity index is 2.36. The second-order valence-electron chi connectivity index (χ2n) is 4.23. The van der Waals surface area contributed by atoms with Crippen molar-refractivity contribution in [2.75, 3.05) is 7.11 Å². The Morgan fingerprint density at radius 2 is 2.24 bits per heavy atom. The van der Waals surface area contributed by atoms with E-state index in [-0.39, 0.29) is 28.8 Å². The average Bonchev–Trinajstić information content (AvgIpc) is 2.97. The van der Waals surface area contributed by atoms with Crippen molar-refractivity contribution in [3.63, 3.8) is 0 Å². The van der Waals surface area contributed by atoms with Gasteiger partial charge < -0.3 is 10.5 Å². The Kier molecular flexibility index (Phi) is 4.84. The number of aromatic amines is 1. The number of rotatable bonds is 6. The monoisotopic (exact) mass is 330 g/mol. The fourth-order valence-corrected chi connectivity index (χ4v) is 3.39. The van der Waals surface area contributed by atoms with Gasteiger partial charge >= 0.3 is 0 Å². The number of methoxy groups -OCH3 is 1. The highest BCUT2D eigenvalue weighted by molar-refractivity contribution is 7.89. The Hall–Kier alpha value is -1.61. The number of halogens is 1. The number of ether oxygens (including phenoxy) is 1. The molecule has 21 heavy (non-hydrogen) atoms. The van der Waals surface area contributed by atoms with E-state index in [0.717, 1.165) is 0 Å². The van der Waals surface area contributed by atoms with Crippen LogP contribution in [-0.2, 0) is 23.1 Å². The van der Waals surface area contributed by atoms with Gasteiger partial charge in [0.15, 0.2) is 0 Å². The van der Waals surface area contributed by atoms with Crippen LogP contribution in [0.3, 0.4) is 0 Å². The summed E-state index contributed by atoms with van der Waals surface area (Å²) < 4.78 is 32.4. The third kappa shape index (κ3) is 3.53. The van der Waals surface area contributed by atoms with Crippen molar-refractivity contribution in [2.24, 2.45) is 5.73 Å². The molecule has 0 fully saturated rings. The number of hydrogen-bond acceptors (Lipinski definition) is 5. The molecule has 4 N–H and O–H groups in total. The van der Waals surface area contributed by atoms with E-state index in [1.165, 1.54) is 19.4 Å². The SMILES string of the molecule is COc1c(CN)cc(Cl)cc1S(=O)(=O)NCc1cn[nH]c1. The van der Waals surface area contributed by atoms with Crippen LogP contribution >= 0.6 is 11.6 Å². The maximum absolute atomic E-state index is 12.4. The first kappa shape index (κ1) is 15.8. The van der Waals surface area contributed by atoms with Gasteiger partial charge in [-0.05, 0) is 12.1 Å². The number of nitrogens with one attached hydrogen (secondary N) is 2. The van der Waals surface area contributed by atoms with Gasteiger partial charge in [0.25, 0.3) is 0 Å². The lowest BCUT2D eigenvalue weighted by atomic mass is 10.2. The number of nitrogens with zero attached hydrogens (tertiary/aromatic N) is 1. The van der Waals surface area contributed by atoms with Crippen LogP contribution in [0.2, 0.25) is 5.02 Å². The van der Waals surface area contributed by atoms with E-state index < -0.39 is 10.0 Å². The van der Waals surface area contributed by atoms with Crippen LogP contribution < -0.4 is 15.2 Å². The van der Waals surface area contributed by atoms with Crippen molar-refractivity contribution in [2.45, 2.75) is 18.0 Å². The summed E-state index contributed by atoms with van der Waals surface area (Å²) in [5.41, 5.74) is 6.82. The minimum atomic E-state index is -3.79. The molecule has 2 aromatic rings. The van der Waals surface area contributed by atoms with Crippen LogP contribution in [0.4, 0.5) is 0 Å². The van der Waals surface area contributed by atoms with Gasteiger partial charge in [0.2, 0.25) is 10.0 Å². The molecule has 0 aliphatic heterocycles. The lowest BCUT2D eigenvalue weighted by Crippen LogP contribution is -2.24. The topological polar surface area (TPSA) is 110 Å². The fourth-order valence-electron chi connectivity index (χ4n) is 1.84. The van der Waals surface area contributed by atoms with Crippen molar-refractivity contribution >= 4 is 21.6 Å². The largest absolute Gasteiger partial charge is 0.495 e. The second-order valence-corrected chi connectivity index (χ2v) is 6.40. The van der Waals surface area contributed by atoms with E-state index >= 15 is 0 Å². The molecule has 0 radical (unpaired) electrons. The van der Waals surface area contributed by atoms with Gasteiger partial charge in [-0.3, -0.25) is 5.10 Å². The first-order valence-corrected chi connectivity index (χ1v) is 7.88. The summed E-state index contributed by atoms with van der Waals surface area (Å²) in [6.45, 7) is 0.223. The van der Waals surface area contributed by atoms with E-state index in [1.807, 2.05) is 0 Å². The molecular weight excluding hydrogens is 316 g/mol. The summed E-state index contributed by atoms with van der Waals surface area (Å²) in [5, 5.41) is 6.63. The summed E-state index contributed by atoms with van der Waals surface area (Å²) in [7, 11) is -2.40. The van der Waals surface area contributed by atoms with Gasteiger partial charge in [0.1, 0.15) is 10.6 Å². The minimum absolute atomic E-state index is 0.0403. The molecule has 114 valence electrons. The smallest absolute Gasteiger partial charge is 0.244 e. The van der Waals surface area contributed by atoms with Crippen LogP contribution in [-0.4, -0.2) is 25.7 Å². The zero-order valence-corrected chi connectivity index (χ0v) is 12.8. The Bertz CT molecular complexity index is 716. The summed E-state index contributed by atoms with van der Waals surface area (Å²) in [4.78, 5) is -0.0403. The first-order chi connectivity index (χ1) is 9.97. The maximum Gasteiger partial charge on any atom is 0.244 e. The number of nitrogens with two attached hydrogens (primary N) is 1. The zero-order valence-electron chi connectivity index (χ0n) is 11.3. The predicted octanol–water partition coefficient (Wildman–Crippen LogP) is 1.01. The maximum atomic E-state index is 12.4. The summed E-state index contributed by atoms with van der Waals surface area (Å²) in [6.07, 6.45) is 3.13. The molecule has 0 bridgehead atoms. The van der Waals surface area contributed by atoms with Crippen LogP contribution in [0.5, 0.6) is 5.75 Å². The van der Waals surface area contributed by atoms with Crippen LogP contribution in [0, 0.1) is 0 Å². The van der Waals surface area contributed by atoms with E-state index in [0.29, 0.717) is 11.1 Å². The van der Waals surface area contributed by atoms with Crippen LogP contribution in [0.25, 0.3) is 0 Å². The predicted molar refractivity (Wildman–Crippen MR) is 78.5 cm³/mol. The molecule has 9 heteroatoms. The Labute approximate surface area is 127 Å². The quantitative estimate of drug-likeness (QED) is 0.732. The van der Waals surface area contributed by atoms with Crippen molar-refractivity contribution in [3.05, 3.63) is 40.7 Å². The van der Waals surface area contributed by atoms with Gasteiger partial charge in [-0.2, -0.15) is 5.10 Å². The molecular formula is C12H15ClN4O3S. The number of benzene rings is 1. The molecule has 0 unspecified atom stereocenters. The van der Waals surface area contributed by atoms with E-state index in [4.69, 9.17) is 22.1 Å². The zero-order chi connectivity index (χ0) is 15.5.